The minimum atomic E-state index is -2.88. The van der Waals surface area contributed by atoms with Gasteiger partial charge in [0.25, 0.3) is 0 Å². The van der Waals surface area contributed by atoms with Crippen molar-refractivity contribution < 1.29 is 8.42 Å². The molecule has 0 unspecified atom stereocenters. The van der Waals surface area contributed by atoms with Gasteiger partial charge in [-0.05, 0) is 18.6 Å². The summed E-state index contributed by atoms with van der Waals surface area (Å²) in [6.45, 7) is 6.09. The van der Waals surface area contributed by atoms with E-state index < -0.39 is 9.84 Å². The lowest BCUT2D eigenvalue weighted by Gasteiger charge is -2.36. The van der Waals surface area contributed by atoms with E-state index in [9.17, 15) is 8.42 Å². The van der Waals surface area contributed by atoms with Crippen molar-refractivity contribution in [3.63, 3.8) is 0 Å². The third kappa shape index (κ3) is 4.61. The van der Waals surface area contributed by atoms with Gasteiger partial charge in [-0.25, -0.2) is 8.42 Å². The summed E-state index contributed by atoms with van der Waals surface area (Å²) in [7, 11) is -2.88. The molecule has 1 aromatic rings. The van der Waals surface area contributed by atoms with Crippen LogP contribution in [0.5, 0.6) is 0 Å². The molecule has 2 rings (SSSR count). The number of anilines is 2. The maximum Gasteiger partial charge on any atom is 0.151 e. The fourth-order valence-corrected chi connectivity index (χ4v) is 4.03. The number of nitrogens with zero attached hydrogens (tertiary/aromatic N) is 2. The van der Waals surface area contributed by atoms with Crippen LogP contribution in [0.2, 0.25) is 0 Å². The third-order valence-electron chi connectivity index (χ3n) is 3.88. The minimum Gasteiger partial charge on any atom is -0.397 e. The number of piperazine rings is 1. The summed E-state index contributed by atoms with van der Waals surface area (Å²) >= 11 is 0. The second-order valence-electron chi connectivity index (χ2n) is 5.54. The summed E-state index contributed by atoms with van der Waals surface area (Å²) in [6.07, 6.45) is 0.698. The Morgan fingerprint density at radius 2 is 1.76 bits per heavy atom. The first-order valence-corrected chi connectivity index (χ1v) is 9.36. The van der Waals surface area contributed by atoms with Crippen molar-refractivity contribution >= 4 is 21.2 Å². The van der Waals surface area contributed by atoms with Crippen molar-refractivity contribution in [1.82, 2.24) is 4.90 Å². The standard InChI is InChI=1S/C15H25N3O2S/c1-2-12-21(19,20)13-11-17-7-9-18(10-8-17)15-6-4-3-5-14(15)16/h3-6H,2,7-13,16H2,1H3. The molecule has 1 heterocycles. The van der Waals surface area contributed by atoms with Gasteiger partial charge in [0.1, 0.15) is 0 Å². The molecular weight excluding hydrogens is 286 g/mol. The number of nitrogens with two attached hydrogens (primary N) is 1. The summed E-state index contributed by atoms with van der Waals surface area (Å²) in [5, 5.41) is 0. The van der Waals surface area contributed by atoms with Crippen LogP contribution in [0.3, 0.4) is 0 Å². The number of benzene rings is 1. The highest BCUT2D eigenvalue weighted by molar-refractivity contribution is 7.91. The first kappa shape index (κ1) is 16.1. The number of hydrogen-bond donors (Lipinski definition) is 1. The number of para-hydroxylation sites is 2. The number of rotatable bonds is 6. The lowest BCUT2D eigenvalue weighted by atomic mass is 10.2. The first-order chi connectivity index (χ1) is 10.0. The van der Waals surface area contributed by atoms with Gasteiger partial charge in [-0.1, -0.05) is 19.1 Å². The topological polar surface area (TPSA) is 66.6 Å². The molecule has 6 heteroatoms. The Morgan fingerprint density at radius 1 is 1.10 bits per heavy atom. The smallest absolute Gasteiger partial charge is 0.151 e. The van der Waals surface area contributed by atoms with Crippen LogP contribution in [0.15, 0.2) is 24.3 Å². The summed E-state index contributed by atoms with van der Waals surface area (Å²) in [5.41, 5.74) is 7.88. The van der Waals surface area contributed by atoms with Crippen molar-refractivity contribution in [2.75, 3.05) is 54.9 Å². The average Bonchev–Trinajstić information content (AvgIpc) is 2.46. The van der Waals surface area contributed by atoms with Gasteiger partial charge in [-0.3, -0.25) is 4.90 Å². The van der Waals surface area contributed by atoms with Gasteiger partial charge in [-0.2, -0.15) is 0 Å². The molecule has 118 valence electrons. The number of nitrogen functional groups attached to an aromatic ring is 1. The van der Waals surface area contributed by atoms with E-state index in [0.717, 1.165) is 37.6 Å². The Labute approximate surface area is 127 Å². The van der Waals surface area contributed by atoms with E-state index in [2.05, 4.69) is 9.80 Å². The van der Waals surface area contributed by atoms with Crippen molar-refractivity contribution in [3.8, 4) is 0 Å². The molecule has 1 aromatic carbocycles. The zero-order valence-corrected chi connectivity index (χ0v) is 13.5. The second kappa shape index (κ2) is 7.13. The van der Waals surface area contributed by atoms with E-state index in [-0.39, 0.29) is 5.75 Å². The van der Waals surface area contributed by atoms with Gasteiger partial charge in [0, 0.05) is 38.5 Å². The van der Waals surface area contributed by atoms with E-state index in [1.54, 1.807) is 0 Å². The van der Waals surface area contributed by atoms with Crippen LogP contribution in [0.4, 0.5) is 11.4 Å². The van der Waals surface area contributed by atoms with E-state index >= 15 is 0 Å². The summed E-state index contributed by atoms with van der Waals surface area (Å²) in [4.78, 5) is 4.50. The molecule has 0 aromatic heterocycles. The molecule has 1 saturated heterocycles. The summed E-state index contributed by atoms with van der Waals surface area (Å²) < 4.78 is 23.5. The maximum atomic E-state index is 11.8. The molecule has 1 aliphatic heterocycles. The molecule has 0 aliphatic carbocycles. The molecular formula is C15H25N3O2S. The molecule has 21 heavy (non-hydrogen) atoms. The van der Waals surface area contributed by atoms with Gasteiger partial charge in [0.15, 0.2) is 9.84 Å². The molecule has 0 radical (unpaired) electrons. The SMILES string of the molecule is CCCS(=O)(=O)CCN1CCN(c2ccccc2N)CC1. The van der Waals surface area contributed by atoms with Crippen LogP contribution in [0.25, 0.3) is 0 Å². The largest absolute Gasteiger partial charge is 0.397 e. The van der Waals surface area contributed by atoms with Crippen LogP contribution in [0, 0.1) is 0 Å². The highest BCUT2D eigenvalue weighted by Gasteiger charge is 2.20. The van der Waals surface area contributed by atoms with Crippen LogP contribution in [-0.2, 0) is 9.84 Å². The highest BCUT2D eigenvalue weighted by Crippen LogP contribution is 2.23. The zero-order chi connectivity index (χ0) is 15.3. The zero-order valence-electron chi connectivity index (χ0n) is 12.7. The lowest BCUT2D eigenvalue weighted by Crippen LogP contribution is -2.47. The lowest BCUT2D eigenvalue weighted by molar-refractivity contribution is 0.272. The van der Waals surface area contributed by atoms with Gasteiger partial charge in [0.05, 0.1) is 17.1 Å². The molecule has 2 N–H and O–H groups in total. The first-order valence-electron chi connectivity index (χ1n) is 7.54. The van der Waals surface area contributed by atoms with Crippen LogP contribution in [0.1, 0.15) is 13.3 Å². The fraction of sp³-hybridized carbons (Fsp3) is 0.600. The fourth-order valence-electron chi connectivity index (χ4n) is 2.67. The van der Waals surface area contributed by atoms with Crippen LogP contribution >= 0.6 is 0 Å². The Hall–Kier alpha value is -1.27. The minimum absolute atomic E-state index is 0.272. The molecule has 0 amide bonds. The van der Waals surface area contributed by atoms with Gasteiger partial charge < -0.3 is 10.6 Å². The molecule has 0 spiro atoms. The summed E-state index contributed by atoms with van der Waals surface area (Å²) in [5.74, 6) is 0.571. The Kier molecular flexibility index (Phi) is 5.47. The predicted molar refractivity (Wildman–Crippen MR) is 88.5 cm³/mol. The molecule has 0 atom stereocenters. The van der Waals surface area contributed by atoms with Gasteiger partial charge in [-0.15, -0.1) is 0 Å². The number of hydrogen-bond acceptors (Lipinski definition) is 5. The Morgan fingerprint density at radius 3 is 2.38 bits per heavy atom. The number of sulfone groups is 1. The molecule has 5 nitrogen and oxygen atoms in total. The van der Waals surface area contributed by atoms with Crippen molar-refractivity contribution in [2.24, 2.45) is 0 Å². The molecule has 0 bridgehead atoms. The third-order valence-corrected chi connectivity index (χ3v) is 5.72. The van der Waals surface area contributed by atoms with E-state index in [1.165, 1.54) is 0 Å². The van der Waals surface area contributed by atoms with Crippen LogP contribution in [-0.4, -0.2) is 57.5 Å². The van der Waals surface area contributed by atoms with Gasteiger partial charge in [0.2, 0.25) is 0 Å². The Balaban J connectivity index is 1.83. The average molecular weight is 311 g/mol. The molecule has 1 fully saturated rings. The van der Waals surface area contributed by atoms with Crippen molar-refractivity contribution in [1.29, 1.82) is 0 Å². The van der Waals surface area contributed by atoms with E-state index in [0.29, 0.717) is 18.7 Å². The van der Waals surface area contributed by atoms with E-state index in [4.69, 9.17) is 5.73 Å². The highest BCUT2D eigenvalue weighted by atomic mass is 32.2. The predicted octanol–water partition coefficient (Wildman–Crippen LogP) is 1.22. The quantitative estimate of drug-likeness (QED) is 0.800. The maximum absolute atomic E-state index is 11.8. The second-order valence-corrected chi connectivity index (χ2v) is 7.84. The van der Waals surface area contributed by atoms with E-state index in [1.807, 2.05) is 31.2 Å². The van der Waals surface area contributed by atoms with Crippen molar-refractivity contribution in [3.05, 3.63) is 24.3 Å². The normalized spacial score (nSPS) is 17.1. The monoisotopic (exact) mass is 311 g/mol. The van der Waals surface area contributed by atoms with Gasteiger partial charge >= 0.3 is 0 Å². The summed E-state index contributed by atoms with van der Waals surface area (Å²) in [6, 6.07) is 7.89. The molecule has 1 aliphatic rings. The molecule has 0 saturated carbocycles. The Bertz CT molecular complexity index is 552. The van der Waals surface area contributed by atoms with Crippen molar-refractivity contribution in [2.45, 2.75) is 13.3 Å². The van der Waals surface area contributed by atoms with Crippen LogP contribution < -0.4 is 10.6 Å².